The van der Waals surface area contributed by atoms with E-state index in [2.05, 4.69) is 16.3 Å². The third-order valence-electron chi connectivity index (χ3n) is 4.69. The van der Waals surface area contributed by atoms with Crippen molar-refractivity contribution in [2.75, 3.05) is 6.61 Å². The maximum atomic E-state index is 11.5. The number of ether oxygens (including phenoxy) is 1. The summed E-state index contributed by atoms with van der Waals surface area (Å²) in [6.45, 7) is 1.76. The number of nitriles is 1. The number of nitrogens with zero attached hydrogens (tertiary/aromatic N) is 3. The third kappa shape index (κ3) is 5.10. The molecule has 0 fully saturated rings. The molecule has 8 heteroatoms. The first-order valence-electron chi connectivity index (χ1n) is 9.21. The lowest BCUT2D eigenvalue weighted by molar-refractivity contribution is -0.162. The Balaban J connectivity index is 1.69. The van der Waals surface area contributed by atoms with Crippen molar-refractivity contribution >= 4 is 6.41 Å². The smallest absolute Gasteiger partial charge is 0.264 e. The largest absolute Gasteiger partial charge is 0.491 e. The molecule has 3 rings (SSSR count). The summed E-state index contributed by atoms with van der Waals surface area (Å²) in [5, 5.41) is 25.6. The zero-order valence-corrected chi connectivity index (χ0v) is 16.3. The van der Waals surface area contributed by atoms with Crippen molar-refractivity contribution in [1.82, 2.24) is 15.3 Å². The summed E-state index contributed by atoms with van der Waals surface area (Å²) in [7, 11) is 0. The van der Waals surface area contributed by atoms with Gasteiger partial charge in [-0.1, -0.05) is 24.3 Å². The molecule has 30 heavy (non-hydrogen) atoms. The van der Waals surface area contributed by atoms with E-state index in [1.807, 2.05) is 24.3 Å². The Hall–Kier alpha value is -3.96. The molecule has 152 valence electrons. The number of aromatic amines is 1. The predicted octanol–water partition coefficient (Wildman–Crippen LogP) is 2.45. The first-order valence-corrected chi connectivity index (χ1v) is 9.21. The summed E-state index contributed by atoms with van der Waals surface area (Å²) in [6.07, 6.45) is 0.513. The molecule has 1 unspecified atom stereocenters. The number of benzene rings is 2. The van der Waals surface area contributed by atoms with E-state index < -0.39 is 6.04 Å². The highest BCUT2D eigenvalue weighted by Gasteiger charge is 2.19. The molecular formula is C22H20N4O4. The van der Waals surface area contributed by atoms with Gasteiger partial charge in [0.1, 0.15) is 12.4 Å². The fourth-order valence-electron chi connectivity index (χ4n) is 2.95. The predicted molar refractivity (Wildman–Crippen MR) is 109 cm³/mol. The van der Waals surface area contributed by atoms with Gasteiger partial charge in [-0.25, -0.2) is 10.2 Å². The molecule has 0 bridgehead atoms. The number of aromatic nitrogens is 2. The molecule has 1 atom stereocenters. The summed E-state index contributed by atoms with van der Waals surface area (Å²) < 4.78 is 5.75. The number of aryl methyl sites for hydroxylation is 1. The van der Waals surface area contributed by atoms with Crippen LogP contribution in [0.5, 0.6) is 5.75 Å². The molecule has 0 saturated carbocycles. The molecule has 0 aliphatic rings. The van der Waals surface area contributed by atoms with Gasteiger partial charge in [-0.3, -0.25) is 14.8 Å². The van der Waals surface area contributed by atoms with E-state index in [0.29, 0.717) is 34.0 Å². The van der Waals surface area contributed by atoms with Gasteiger partial charge in [-0.2, -0.15) is 10.4 Å². The number of hydrogen-bond donors (Lipinski definition) is 2. The van der Waals surface area contributed by atoms with Crippen molar-refractivity contribution in [3.05, 3.63) is 81.8 Å². The van der Waals surface area contributed by atoms with Crippen LogP contribution < -0.4 is 10.3 Å². The SMILES string of the molecule is Cc1n[nH]c(=O)cc1CC(COc1ccc(-c2ccc(C#N)cc2)cc1)N(O)C=O. The second kappa shape index (κ2) is 9.49. The van der Waals surface area contributed by atoms with Crippen molar-refractivity contribution in [2.24, 2.45) is 0 Å². The van der Waals surface area contributed by atoms with Crippen molar-refractivity contribution in [2.45, 2.75) is 19.4 Å². The maximum absolute atomic E-state index is 11.5. The lowest BCUT2D eigenvalue weighted by Crippen LogP contribution is -2.38. The van der Waals surface area contributed by atoms with Gasteiger partial charge in [-0.15, -0.1) is 0 Å². The van der Waals surface area contributed by atoms with Crippen LogP contribution in [0.15, 0.2) is 59.4 Å². The lowest BCUT2D eigenvalue weighted by atomic mass is 10.0. The summed E-state index contributed by atoms with van der Waals surface area (Å²) in [5.41, 5.74) is 3.39. The standard InChI is InChI=1S/C22H20N4O4/c1-15-19(11-22(28)25-24-15)10-20(26(29)14-27)13-30-21-8-6-18(7-9-21)17-4-2-16(12-23)3-5-17/h2-9,11,14,20,29H,10,13H2,1H3,(H,25,28). The molecule has 0 radical (unpaired) electrons. The molecule has 1 aromatic heterocycles. The van der Waals surface area contributed by atoms with Gasteiger partial charge in [-0.05, 0) is 47.9 Å². The molecule has 0 aliphatic carbocycles. The first kappa shape index (κ1) is 20.8. The van der Waals surface area contributed by atoms with Crippen molar-refractivity contribution in [1.29, 1.82) is 5.26 Å². The maximum Gasteiger partial charge on any atom is 0.264 e. The fourth-order valence-corrected chi connectivity index (χ4v) is 2.95. The Morgan fingerprint density at radius 3 is 2.43 bits per heavy atom. The molecule has 0 aliphatic heterocycles. The van der Waals surface area contributed by atoms with E-state index in [1.54, 1.807) is 31.2 Å². The van der Waals surface area contributed by atoms with Gasteiger partial charge in [0, 0.05) is 12.5 Å². The Morgan fingerprint density at radius 2 is 1.83 bits per heavy atom. The number of nitrogens with one attached hydrogen (secondary N) is 1. The van der Waals surface area contributed by atoms with Crippen LogP contribution in [0.25, 0.3) is 11.1 Å². The van der Waals surface area contributed by atoms with Gasteiger partial charge < -0.3 is 4.74 Å². The number of hydrogen-bond acceptors (Lipinski definition) is 6. The quantitative estimate of drug-likeness (QED) is 0.338. The van der Waals surface area contributed by atoms with E-state index in [1.165, 1.54) is 6.07 Å². The normalized spacial score (nSPS) is 11.4. The van der Waals surface area contributed by atoms with Crippen LogP contribution in [0.4, 0.5) is 0 Å². The molecule has 0 spiro atoms. The van der Waals surface area contributed by atoms with E-state index in [4.69, 9.17) is 10.00 Å². The van der Waals surface area contributed by atoms with Crippen molar-refractivity contribution in [3.63, 3.8) is 0 Å². The topological polar surface area (TPSA) is 119 Å². The highest BCUT2D eigenvalue weighted by atomic mass is 16.5. The number of carbonyl (C=O) groups is 1. The van der Waals surface area contributed by atoms with Crippen LogP contribution in [0.2, 0.25) is 0 Å². The number of hydroxylamine groups is 2. The molecule has 2 N–H and O–H groups in total. The summed E-state index contributed by atoms with van der Waals surface area (Å²) in [6, 6.07) is 17.4. The van der Waals surface area contributed by atoms with Crippen LogP contribution in [0, 0.1) is 18.3 Å². The number of carbonyl (C=O) groups excluding carboxylic acids is 1. The van der Waals surface area contributed by atoms with Crippen LogP contribution in [-0.2, 0) is 11.2 Å². The Labute approximate surface area is 172 Å². The fraction of sp³-hybridized carbons (Fsp3) is 0.182. The van der Waals surface area contributed by atoms with Gasteiger partial charge in [0.2, 0.25) is 6.41 Å². The Kier molecular flexibility index (Phi) is 6.57. The van der Waals surface area contributed by atoms with Gasteiger partial charge in [0.15, 0.2) is 0 Å². The van der Waals surface area contributed by atoms with E-state index in [0.717, 1.165) is 11.1 Å². The Bertz CT molecular complexity index is 1100. The van der Waals surface area contributed by atoms with Crippen LogP contribution in [0.3, 0.4) is 0 Å². The average molecular weight is 404 g/mol. The van der Waals surface area contributed by atoms with Crippen LogP contribution >= 0.6 is 0 Å². The number of rotatable bonds is 8. The molecule has 1 heterocycles. The van der Waals surface area contributed by atoms with Gasteiger partial charge in [0.05, 0.1) is 23.4 Å². The van der Waals surface area contributed by atoms with Crippen molar-refractivity contribution in [3.8, 4) is 22.9 Å². The minimum Gasteiger partial charge on any atom is -0.491 e. The van der Waals surface area contributed by atoms with E-state index in [-0.39, 0.29) is 18.6 Å². The minimum absolute atomic E-state index is 0.0255. The zero-order chi connectivity index (χ0) is 21.5. The van der Waals surface area contributed by atoms with Crippen LogP contribution in [-0.4, -0.2) is 39.5 Å². The minimum atomic E-state index is -0.692. The molecule has 1 amide bonds. The third-order valence-corrected chi connectivity index (χ3v) is 4.69. The Morgan fingerprint density at radius 1 is 1.20 bits per heavy atom. The van der Waals surface area contributed by atoms with Gasteiger partial charge in [0.25, 0.3) is 5.56 Å². The molecule has 8 nitrogen and oxygen atoms in total. The summed E-state index contributed by atoms with van der Waals surface area (Å²) in [4.78, 5) is 22.6. The van der Waals surface area contributed by atoms with Crippen molar-refractivity contribution < 1.29 is 14.7 Å². The molecule has 2 aromatic carbocycles. The number of amides is 1. The van der Waals surface area contributed by atoms with E-state index in [9.17, 15) is 14.8 Å². The molecule has 0 saturated heterocycles. The van der Waals surface area contributed by atoms with E-state index >= 15 is 0 Å². The second-order valence-electron chi connectivity index (χ2n) is 6.71. The summed E-state index contributed by atoms with van der Waals surface area (Å²) in [5.74, 6) is 0.567. The summed E-state index contributed by atoms with van der Waals surface area (Å²) >= 11 is 0. The highest BCUT2D eigenvalue weighted by Crippen LogP contribution is 2.23. The zero-order valence-electron chi connectivity index (χ0n) is 16.3. The molecule has 3 aromatic rings. The lowest BCUT2D eigenvalue weighted by Gasteiger charge is -2.23. The first-order chi connectivity index (χ1) is 14.5. The average Bonchev–Trinajstić information content (AvgIpc) is 2.78. The van der Waals surface area contributed by atoms with Gasteiger partial charge >= 0.3 is 0 Å². The molecular weight excluding hydrogens is 384 g/mol. The second-order valence-corrected chi connectivity index (χ2v) is 6.71. The highest BCUT2D eigenvalue weighted by molar-refractivity contribution is 5.64. The number of H-pyrrole nitrogens is 1. The monoisotopic (exact) mass is 404 g/mol. The van der Waals surface area contributed by atoms with Crippen LogP contribution in [0.1, 0.15) is 16.8 Å².